The molecule has 0 spiro atoms. The van der Waals surface area contributed by atoms with Gasteiger partial charge in [0.15, 0.2) is 0 Å². The third kappa shape index (κ3) is 5.51. The Labute approximate surface area is 146 Å². The maximum absolute atomic E-state index is 12.5. The standard InChI is InChI=1S/C16H15BrF2N2OS/c1-10-8-11(17)6-7-12(10)20-9-15(22)21-13-4-2-3-5-14(13)23-16(18)19/h2-8,16,20H,9H2,1H3,(H,21,22). The van der Waals surface area contributed by atoms with Gasteiger partial charge in [0.1, 0.15) is 0 Å². The van der Waals surface area contributed by atoms with Crippen LogP contribution in [0.25, 0.3) is 0 Å². The van der Waals surface area contributed by atoms with Crippen LogP contribution >= 0.6 is 27.7 Å². The predicted molar refractivity (Wildman–Crippen MR) is 94.3 cm³/mol. The molecule has 2 N–H and O–H groups in total. The molecule has 23 heavy (non-hydrogen) atoms. The highest BCUT2D eigenvalue weighted by atomic mass is 79.9. The monoisotopic (exact) mass is 400 g/mol. The predicted octanol–water partition coefficient (Wildman–Crippen LogP) is 5.12. The lowest BCUT2D eigenvalue weighted by atomic mass is 10.2. The normalized spacial score (nSPS) is 10.7. The number of hydrogen-bond donors (Lipinski definition) is 2. The molecule has 0 aliphatic carbocycles. The summed E-state index contributed by atoms with van der Waals surface area (Å²) in [5.74, 6) is -2.83. The second-order valence-electron chi connectivity index (χ2n) is 4.74. The molecule has 0 saturated heterocycles. The first-order chi connectivity index (χ1) is 11.0. The Bertz CT molecular complexity index is 698. The van der Waals surface area contributed by atoms with E-state index in [-0.39, 0.29) is 12.5 Å². The number of carbonyl (C=O) groups is 1. The van der Waals surface area contributed by atoms with Gasteiger partial charge in [-0.15, -0.1) is 0 Å². The number of anilines is 2. The fourth-order valence-corrected chi connectivity index (χ4v) is 3.03. The lowest BCUT2D eigenvalue weighted by Gasteiger charge is -2.12. The minimum atomic E-state index is -2.53. The van der Waals surface area contributed by atoms with E-state index < -0.39 is 5.76 Å². The number of amides is 1. The highest BCUT2D eigenvalue weighted by molar-refractivity contribution is 9.10. The van der Waals surface area contributed by atoms with Crippen LogP contribution < -0.4 is 10.6 Å². The van der Waals surface area contributed by atoms with Crippen molar-refractivity contribution < 1.29 is 13.6 Å². The molecule has 2 aromatic rings. The summed E-state index contributed by atoms with van der Waals surface area (Å²) >= 11 is 3.79. The van der Waals surface area contributed by atoms with E-state index in [9.17, 15) is 13.6 Å². The molecule has 0 aromatic heterocycles. The van der Waals surface area contributed by atoms with Crippen molar-refractivity contribution in [2.45, 2.75) is 17.6 Å². The molecule has 7 heteroatoms. The van der Waals surface area contributed by atoms with Crippen molar-refractivity contribution in [3.8, 4) is 0 Å². The first-order valence-corrected chi connectivity index (χ1v) is 8.46. The summed E-state index contributed by atoms with van der Waals surface area (Å²) < 4.78 is 26.0. The van der Waals surface area contributed by atoms with Crippen molar-refractivity contribution in [2.24, 2.45) is 0 Å². The minimum absolute atomic E-state index is 0.0517. The number of halogens is 3. The zero-order valence-electron chi connectivity index (χ0n) is 12.3. The molecule has 0 unspecified atom stereocenters. The van der Waals surface area contributed by atoms with Gasteiger partial charge in [-0.3, -0.25) is 4.79 Å². The number of rotatable bonds is 6. The zero-order chi connectivity index (χ0) is 16.8. The van der Waals surface area contributed by atoms with Crippen LogP contribution in [0.5, 0.6) is 0 Å². The molecule has 0 bridgehead atoms. The van der Waals surface area contributed by atoms with E-state index in [0.29, 0.717) is 22.3 Å². The number of para-hydroxylation sites is 1. The number of benzene rings is 2. The Kier molecular flexibility index (Phi) is 6.41. The summed E-state index contributed by atoms with van der Waals surface area (Å²) in [4.78, 5) is 12.4. The number of thioether (sulfide) groups is 1. The molecule has 0 saturated carbocycles. The van der Waals surface area contributed by atoms with Gasteiger partial charge in [-0.05, 0) is 42.8 Å². The van der Waals surface area contributed by atoms with Crippen LogP contribution in [0, 0.1) is 6.92 Å². The molecule has 0 aliphatic heterocycles. The van der Waals surface area contributed by atoms with Gasteiger partial charge in [-0.1, -0.05) is 39.8 Å². The van der Waals surface area contributed by atoms with Crippen molar-refractivity contribution in [3.63, 3.8) is 0 Å². The molecule has 3 nitrogen and oxygen atoms in total. The summed E-state index contributed by atoms with van der Waals surface area (Å²) in [7, 11) is 0. The molecule has 0 heterocycles. The SMILES string of the molecule is Cc1cc(Br)ccc1NCC(=O)Nc1ccccc1SC(F)F. The molecule has 2 aromatic carbocycles. The lowest BCUT2D eigenvalue weighted by Crippen LogP contribution is -2.22. The van der Waals surface area contributed by atoms with Crippen molar-refractivity contribution in [1.82, 2.24) is 0 Å². The highest BCUT2D eigenvalue weighted by Gasteiger charge is 2.11. The van der Waals surface area contributed by atoms with Gasteiger partial charge in [0.25, 0.3) is 5.76 Å². The molecule has 0 radical (unpaired) electrons. The molecule has 2 rings (SSSR count). The van der Waals surface area contributed by atoms with Crippen LogP contribution in [0.1, 0.15) is 5.56 Å². The van der Waals surface area contributed by atoms with Gasteiger partial charge < -0.3 is 10.6 Å². The number of aryl methyl sites for hydroxylation is 1. The Hall–Kier alpha value is -1.60. The van der Waals surface area contributed by atoms with E-state index >= 15 is 0 Å². The third-order valence-electron chi connectivity index (χ3n) is 3.01. The van der Waals surface area contributed by atoms with Crippen molar-refractivity contribution in [1.29, 1.82) is 0 Å². The summed E-state index contributed by atoms with van der Waals surface area (Å²) in [6, 6.07) is 12.2. The molecule has 0 atom stereocenters. The van der Waals surface area contributed by atoms with Gasteiger partial charge in [-0.2, -0.15) is 8.78 Å². The van der Waals surface area contributed by atoms with Crippen LogP contribution in [0.2, 0.25) is 0 Å². The summed E-state index contributed by atoms with van der Waals surface area (Å²) in [5.41, 5.74) is 2.23. The zero-order valence-corrected chi connectivity index (χ0v) is 14.7. The molecular weight excluding hydrogens is 386 g/mol. The lowest BCUT2D eigenvalue weighted by molar-refractivity contribution is -0.114. The Morgan fingerprint density at radius 2 is 1.96 bits per heavy atom. The van der Waals surface area contributed by atoms with E-state index in [1.165, 1.54) is 0 Å². The van der Waals surface area contributed by atoms with E-state index in [1.807, 2.05) is 25.1 Å². The Morgan fingerprint density at radius 3 is 2.65 bits per heavy atom. The first-order valence-electron chi connectivity index (χ1n) is 6.79. The van der Waals surface area contributed by atoms with Gasteiger partial charge in [0.05, 0.1) is 12.2 Å². The number of carbonyl (C=O) groups excluding carboxylic acids is 1. The van der Waals surface area contributed by atoms with Gasteiger partial charge >= 0.3 is 0 Å². The molecule has 0 aliphatic rings. The molecule has 0 fully saturated rings. The maximum Gasteiger partial charge on any atom is 0.288 e. The van der Waals surface area contributed by atoms with Gasteiger partial charge in [-0.25, -0.2) is 0 Å². The topological polar surface area (TPSA) is 41.1 Å². The first kappa shape index (κ1) is 17.7. The third-order valence-corrected chi connectivity index (χ3v) is 4.29. The van der Waals surface area contributed by atoms with Gasteiger partial charge in [0, 0.05) is 15.1 Å². The molecular formula is C16H15BrF2N2OS. The summed E-state index contributed by atoms with van der Waals surface area (Å²) in [5, 5.41) is 5.68. The largest absolute Gasteiger partial charge is 0.376 e. The average Bonchev–Trinajstić information content (AvgIpc) is 2.48. The second-order valence-corrected chi connectivity index (χ2v) is 6.68. The smallest absolute Gasteiger partial charge is 0.288 e. The van der Waals surface area contributed by atoms with E-state index in [2.05, 4.69) is 26.6 Å². The number of alkyl halides is 2. The van der Waals surface area contributed by atoms with Crippen molar-refractivity contribution in [3.05, 3.63) is 52.5 Å². The fourth-order valence-electron chi connectivity index (χ4n) is 1.96. The molecule has 122 valence electrons. The fraction of sp³-hybridized carbons (Fsp3) is 0.188. The minimum Gasteiger partial charge on any atom is -0.376 e. The Balaban J connectivity index is 1.97. The van der Waals surface area contributed by atoms with Crippen LogP contribution in [-0.4, -0.2) is 18.2 Å². The second kappa shape index (κ2) is 8.31. The van der Waals surface area contributed by atoms with Gasteiger partial charge in [0.2, 0.25) is 5.91 Å². The van der Waals surface area contributed by atoms with Crippen LogP contribution in [0.4, 0.5) is 20.2 Å². The summed E-state index contributed by atoms with van der Waals surface area (Å²) in [6.07, 6.45) is 0. The average molecular weight is 401 g/mol. The van der Waals surface area contributed by atoms with Crippen LogP contribution in [0.3, 0.4) is 0 Å². The Morgan fingerprint density at radius 1 is 1.22 bits per heavy atom. The maximum atomic E-state index is 12.5. The highest BCUT2D eigenvalue weighted by Crippen LogP contribution is 2.31. The molecule has 1 amide bonds. The van der Waals surface area contributed by atoms with E-state index in [4.69, 9.17) is 0 Å². The number of hydrogen-bond acceptors (Lipinski definition) is 3. The van der Waals surface area contributed by atoms with Crippen molar-refractivity contribution >= 4 is 45.0 Å². The van der Waals surface area contributed by atoms with E-state index in [1.54, 1.807) is 24.3 Å². The summed E-state index contributed by atoms with van der Waals surface area (Å²) in [6.45, 7) is 1.98. The number of nitrogens with one attached hydrogen (secondary N) is 2. The van der Waals surface area contributed by atoms with Crippen LogP contribution in [0.15, 0.2) is 51.8 Å². The quantitative estimate of drug-likeness (QED) is 0.660. The van der Waals surface area contributed by atoms with E-state index in [0.717, 1.165) is 15.7 Å². The van der Waals surface area contributed by atoms with Crippen LogP contribution in [-0.2, 0) is 4.79 Å². The van der Waals surface area contributed by atoms with Crippen molar-refractivity contribution in [2.75, 3.05) is 17.2 Å².